The highest BCUT2D eigenvalue weighted by Crippen LogP contribution is 2.59. The van der Waals surface area contributed by atoms with Gasteiger partial charge < -0.3 is 15.0 Å². The molecule has 1 saturated carbocycles. The number of rotatable bonds is 10. The molecular formula is C30H40ClN5O6. The van der Waals surface area contributed by atoms with E-state index < -0.39 is 4.92 Å². The second-order valence-electron chi connectivity index (χ2n) is 11.4. The molecule has 42 heavy (non-hydrogen) atoms. The number of halogens is 1. The molecule has 2 amide bonds. The van der Waals surface area contributed by atoms with E-state index >= 15 is 0 Å². The molecular weight excluding hydrogens is 562 g/mol. The topological polar surface area (TPSA) is 135 Å². The van der Waals surface area contributed by atoms with Crippen molar-refractivity contribution in [2.24, 2.45) is 17.3 Å². The maximum atomic E-state index is 12.4. The molecule has 11 nitrogen and oxygen atoms in total. The zero-order valence-corrected chi connectivity index (χ0v) is 25.9. The molecule has 0 spiro atoms. The molecule has 1 N–H and O–H groups in total. The van der Waals surface area contributed by atoms with Crippen molar-refractivity contribution in [1.82, 2.24) is 20.1 Å². The Morgan fingerprint density at radius 2 is 1.86 bits per heavy atom. The molecule has 1 aromatic rings. The van der Waals surface area contributed by atoms with Gasteiger partial charge in [-0.05, 0) is 69.4 Å². The molecule has 1 aliphatic heterocycles. The number of carbonyl (C=O) groups is 3. The number of aromatic nitrogens is 1. The number of hydrogen-bond acceptors (Lipinski definition) is 9. The van der Waals surface area contributed by atoms with Gasteiger partial charge in [0.25, 0.3) is 18.0 Å². The van der Waals surface area contributed by atoms with Crippen molar-refractivity contribution in [2.45, 2.75) is 66.8 Å². The monoisotopic (exact) mass is 601 g/mol. The number of nitro groups is 1. The van der Waals surface area contributed by atoms with Crippen LogP contribution in [0.2, 0.25) is 5.15 Å². The van der Waals surface area contributed by atoms with Crippen molar-refractivity contribution in [3.8, 4) is 0 Å². The van der Waals surface area contributed by atoms with Gasteiger partial charge in [-0.2, -0.15) is 0 Å². The molecule has 0 bridgehead atoms. The predicted octanol–water partition coefficient (Wildman–Crippen LogP) is 4.82. The van der Waals surface area contributed by atoms with Crippen LogP contribution >= 0.6 is 11.6 Å². The number of carbonyl (C=O) groups excluding carboxylic acids is 3. The Balaban J connectivity index is 0.000000241. The highest BCUT2D eigenvalue weighted by atomic mass is 35.5. The third kappa shape index (κ3) is 7.76. The van der Waals surface area contributed by atoms with Gasteiger partial charge in [0.15, 0.2) is 12.6 Å². The Hall–Kier alpha value is -3.73. The van der Waals surface area contributed by atoms with Crippen molar-refractivity contribution in [3.63, 3.8) is 0 Å². The third-order valence-electron chi connectivity index (χ3n) is 7.86. The van der Waals surface area contributed by atoms with Crippen molar-refractivity contribution in [2.75, 3.05) is 20.3 Å². The summed E-state index contributed by atoms with van der Waals surface area (Å²) in [6.07, 6.45) is 7.89. The number of ether oxygens (including phenoxy) is 1. The number of esters is 1. The highest BCUT2D eigenvalue weighted by Gasteiger charge is 2.61. The molecule has 228 valence electrons. The Bertz CT molecular complexity index is 1270. The Morgan fingerprint density at radius 1 is 1.24 bits per heavy atom. The van der Waals surface area contributed by atoms with Crippen LogP contribution in [0.25, 0.3) is 0 Å². The second kappa shape index (κ2) is 14.0. The first-order chi connectivity index (χ1) is 19.8. The first-order valence-corrected chi connectivity index (χ1v) is 14.5. The number of nitrogens with zero attached hydrogens (tertiary/aromatic N) is 4. The summed E-state index contributed by atoms with van der Waals surface area (Å²) < 4.78 is 5.33. The summed E-state index contributed by atoms with van der Waals surface area (Å²) in [4.78, 5) is 54.0. The van der Waals surface area contributed by atoms with Crippen LogP contribution < -0.4 is 5.32 Å². The summed E-state index contributed by atoms with van der Waals surface area (Å²) in [7, 11) is 1.65. The highest BCUT2D eigenvalue weighted by molar-refractivity contribution is 6.29. The van der Waals surface area contributed by atoms with E-state index in [2.05, 4.69) is 16.4 Å². The van der Waals surface area contributed by atoms with Crippen molar-refractivity contribution in [3.05, 3.63) is 74.0 Å². The number of imide groups is 1. The summed E-state index contributed by atoms with van der Waals surface area (Å²) in [5.74, 6) is -0.476. The van der Waals surface area contributed by atoms with Gasteiger partial charge in [-0.3, -0.25) is 24.5 Å². The molecule has 1 fully saturated rings. The lowest BCUT2D eigenvalue weighted by molar-refractivity contribution is -0.404. The van der Waals surface area contributed by atoms with E-state index in [0.29, 0.717) is 48.1 Å². The maximum Gasteiger partial charge on any atom is 0.311 e. The number of allylic oxidation sites excluding steroid dienone is 2. The van der Waals surface area contributed by atoms with Crippen LogP contribution in [-0.4, -0.2) is 57.8 Å². The molecule has 0 radical (unpaired) electrons. The third-order valence-corrected chi connectivity index (χ3v) is 8.08. The SMILES string of the molecule is CC(C)=CC1C(C(=O)OCN2C(=O)C3=C(CCCC3)C2=O)C1(C)C.CCN(Cc1ccc(Cl)nc1)/C(=C/[N+](=O)[O-])NC. The van der Waals surface area contributed by atoms with E-state index in [9.17, 15) is 24.5 Å². The van der Waals surface area contributed by atoms with Crippen LogP contribution in [0.3, 0.4) is 0 Å². The van der Waals surface area contributed by atoms with E-state index in [1.165, 1.54) is 5.57 Å². The average molecular weight is 602 g/mol. The van der Waals surface area contributed by atoms with Crippen molar-refractivity contribution in [1.29, 1.82) is 0 Å². The molecule has 0 saturated heterocycles. The molecule has 4 rings (SSSR count). The second-order valence-corrected chi connectivity index (χ2v) is 11.8. The first-order valence-electron chi connectivity index (χ1n) is 14.1. The minimum absolute atomic E-state index is 0.134. The van der Waals surface area contributed by atoms with E-state index in [-0.39, 0.29) is 41.8 Å². The van der Waals surface area contributed by atoms with Gasteiger partial charge in [0.2, 0.25) is 0 Å². The fraction of sp³-hybridized carbons (Fsp3) is 0.533. The zero-order chi connectivity index (χ0) is 31.2. The largest absolute Gasteiger partial charge is 0.443 e. The average Bonchev–Trinajstić information content (AvgIpc) is 3.39. The fourth-order valence-corrected chi connectivity index (χ4v) is 5.53. The molecule has 2 heterocycles. The molecule has 2 unspecified atom stereocenters. The van der Waals surface area contributed by atoms with E-state index in [4.69, 9.17) is 16.3 Å². The number of pyridine rings is 1. The normalized spacial score (nSPS) is 20.7. The van der Waals surface area contributed by atoms with Gasteiger partial charge in [-0.25, -0.2) is 9.88 Å². The summed E-state index contributed by atoms with van der Waals surface area (Å²) in [6.45, 7) is 10.9. The van der Waals surface area contributed by atoms with Gasteiger partial charge in [0.1, 0.15) is 5.15 Å². The summed E-state index contributed by atoms with van der Waals surface area (Å²) in [5.41, 5.74) is 3.22. The van der Waals surface area contributed by atoms with Gasteiger partial charge in [0, 0.05) is 37.5 Å². The molecule has 2 aliphatic carbocycles. The van der Waals surface area contributed by atoms with Crippen LogP contribution in [0.5, 0.6) is 0 Å². The molecule has 2 atom stereocenters. The summed E-state index contributed by atoms with van der Waals surface area (Å²) in [6, 6.07) is 3.54. The maximum absolute atomic E-state index is 12.4. The molecule has 3 aliphatic rings. The van der Waals surface area contributed by atoms with E-state index in [0.717, 1.165) is 29.5 Å². The van der Waals surface area contributed by atoms with Gasteiger partial charge in [0.05, 0.1) is 10.8 Å². The first kappa shape index (κ1) is 32.8. The quantitative estimate of drug-likeness (QED) is 0.1000. The Kier molecular flexibility index (Phi) is 10.9. The number of amides is 2. The Morgan fingerprint density at radius 3 is 2.33 bits per heavy atom. The standard InChI is InChI=1S/C19H25NO4.C11H15ClN4O2/c1-11(2)9-14-15(19(14,3)4)18(23)24-10-20-16(21)12-7-5-6-8-13(12)17(20)22;1-3-15(11(13-2)8-16(17)18)7-9-4-5-10(12)14-6-9/h9,14-15H,5-8,10H2,1-4H3;4-6,8,13H,3,7H2,1-2H3/b;11-8+. The lowest BCUT2D eigenvalue weighted by Crippen LogP contribution is -2.35. The lowest BCUT2D eigenvalue weighted by Gasteiger charge is -2.23. The smallest absolute Gasteiger partial charge is 0.311 e. The minimum atomic E-state index is -0.478. The number of nitrogens with one attached hydrogen (secondary N) is 1. The van der Waals surface area contributed by atoms with Crippen molar-refractivity contribution < 1.29 is 24.0 Å². The molecule has 12 heteroatoms. The molecule has 1 aromatic heterocycles. The van der Waals surface area contributed by atoms with E-state index in [1.54, 1.807) is 19.3 Å². The van der Waals surface area contributed by atoms with E-state index in [1.807, 2.05) is 45.6 Å². The lowest BCUT2D eigenvalue weighted by atomic mass is 9.93. The van der Waals surface area contributed by atoms with Gasteiger partial charge in [-0.15, -0.1) is 0 Å². The zero-order valence-electron chi connectivity index (χ0n) is 25.1. The summed E-state index contributed by atoms with van der Waals surface area (Å²) >= 11 is 5.70. The van der Waals surface area contributed by atoms with Crippen LogP contribution in [0, 0.1) is 27.4 Å². The Labute approximate surface area is 251 Å². The van der Waals surface area contributed by atoms with Crippen LogP contribution in [0.4, 0.5) is 0 Å². The minimum Gasteiger partial charge on any atom is -0.443 e. The van der Waals surface area contributed by atoms with Gasteiger partial charge in [-0.1, -0.05) is 43.2 Å². The summed E-state index contributed by atoms with van der Waals surface area (Å²) in [5, 5.41) is 13.8. The van der Waals surface area contributed by atoms with Crippen LogP contribution in [0.15, 0.2) is 53.1 Å². The fourth-order valence-electron chi connectivity index (χ4n) is 5.42. The number of hydrogen-bond donors (Lipinski definition) is 1. The predicted molar refractivity (Wildman–Crippen MR) is 158 cm³/mol. The van der Waals surface area contributed by atoms with Gasteiger partial charge >= 0.3 is 5.97 Å². The molecule has 0 aromatic carbocycles. The van der Waals surface area contributed by atoms with Crippen molar-refractivity contribution >= 4 is 29.4 Å². The van der Waals surface area contributed by atoms with Crippen LogP contribution in [0.1, 0.15) is 65.9 Å². The van der Waals surface area contributed by atoms with Crippen LogP contribution in [-0.2, 0) is 25.7 Å².